The number of nitrogens with one attached hydrogen (secondary N) is 1. The molecule has 0 atom stereocenters. The summed E-state index contributed by atoms with van der Waals surface area (Å²) in [6.07, 6.45) is 1.60. The van der Waals surface area contributed by atoms with Gasteiger partial charge in [0.25, 0.3) is 5.91 Å². The highest BCUT2D eigenvalue weighted by atomic mass is 79.9. The molecule has 7 nitrogen and oxygen atoms in total. The Labute approximate surface area is 210 Å². The summed E-state index contributed by atoms with van der Waals surface area (Å²) in [6.45, 7) is 2.04. The van der Waals surface area contributed by atoms with Crippen LogP contribution in [0.3, 0.4) is 0 Å². The van der Waals surface area contributed by atoms with Crippen molar-refractivity contribution in [3.8, 4) is 22.8 Å². The maximum absolute atomic E-state index is 12.4. The van der Waals surface area contributed by atoms with Crippen LogP contribution in [0.4, 0.5) is 0 Å². The van der Waals surface area contributed by atoms with Crippen molar-refractivity contribution in [3.63, 3.8) is 0 Å². The first-order valence-corrected chi connectivity index (χ1v) is 12.2. The number of methoxy groups -OCH3 is 1. The van der Waals surface area contributed by atoms with E-state index in [-0.39, 0.29) is 11.7 Å². The van der Waals surface area contributed by atoms with Gasteiger partial charge in [-0.2, -0.15) is 5.10 Å². The number of aryl methyl sites for hydroxylation is 1. The zero-order chi connectivity index (χ0) is 23.9. The van der Waals surface area contributed by atoms with Gasteiger partial charge in [0.05, 0.1) is 19.1 Å². The number of aromatic nitrogens is 3. The lowest BCUT2D eigenvalue weighted by Crippen LogP contribution is -2.20. The predicted octanol–water partition coefficient (Wildman–Crippen LogP) is 5.26. The van der Waals surface area contributed by atoms with Crippen LogP contribution in [-0.4, -0.2) is 39.7 Å². The van der Waals surface area contributed by atoms with E-state index in [0.717, 1.165) is 32.6 Å². The third kappa shape index (κ3) is 5.92. The molecule has 0 spiro atoms. The van der Waals surface area contributed by atoms with Crippen LogP contribution < -0.4 is 10.2 Å². The molecule has 0 aliphatic heterocycles. The Bertz CT molecular complexity index is 1300. The van der Waals surface area contributed by atoms with E-state index in [4.69, 9.17) is 4.74 Å². The Hall–Kier alpha value is -3.43. The first-order valence-electron chi connectivity index (χ1n) is 10.4. The Balaban J connectivity index is 1.52. The van der Waals surface area contributed by atoms with E-state index in [9.17, 15) is 4.79 Å². The molecule has 1 N–H and O–H groups in total. The highest BCUT2D eigenvalue weighted by Gasteiger charge is 2.17. The number of carbonyl (C=O) groups excluding carboxylic acids is 1. The number of carbonyl (C=O) groups is 1. The largest absolute Gasteiger partial charge is 0.497 e. The van der Waals surface area contributed by atoms with Crippen LogP contribution in [0.2, 0.25) is 0 Å². The van der Waals surface area contributed by atoms with E-state index in [1.54, 1.807) is 13.3 Å². The number of rotatable bonds is 8. The molecule has 0 unspecified atom stereocenters. The van der Waals surface area contributed by atoms with Crippen LogP contribution in [0.25, 0.3) is 17.1 Å². The highest BCUT2D eigenvalue weighted by Crippen LogP contribution is 2.29. The molecule has 0 aliphatic carbocycles. The van der Waals surface area contributed by atoms with Gasteiger partial charge in [0.1, 0.15) is 5.75 Å². The van der Waals surface area contributed by atoms with Crippen molar-refractivity contribution in [1.82, 2.24) is 20.2 Å². The Kier molecular flexibility index (Phi) is 7.76. The number of amides is 1. The monoisotopic (exact) mass is 535 g/mol. The van der Waals surface area contributed by atoms with Crippen molar-refractivity contribution in [1.29, 1.82) is 0 Å². The second-order valence-corrected chi connectivity index (χ2v) is 9.20. The Morgan fingerprint density at radius 1 is 1.12 bits per heavy atom. The van der Waals surface area contributed by atoms with Gasteiger partial charge < -0.3 is 4.74 Å². The molecule has 0 saturated heterocycles. The molecule has 0 saturated carbocycles. The Morgan fingerprint density at radius 3 is 2.59 bits per heavy atom. The van der Waals surface area contributed by atoms with Crippen molar-refractivity contribution in [2.45, 2.75) is 12.1 Å². The topological polar surface area (TPSA) is 81.4 Å². The number of halogens is 1. The third-order valence-electron chi connectivity index (χ3n) is 4.86. The number of ether oxygens (including phenoxy) is 1. The Morgan fingerprint density at radius 2 is 1.88 bits per heavy atom. The van der Waals surface area contributed by atoms with Crippen molar-refractivity contribution in [2.24, 2.45) is 5.10 Å². The van der Waals surface area contributed by atoms with Crippen LogP contribution in [0.15, 0.2) is 87.5 Å². The molecule has 34 heavy (non-hydrogen) atoms. The fraction of sp³-hybridized carbons (Fsp3) is 0.120. The average molecular weight is 536 g/mol. The van der Waals surface area contributed by atoms with E-state index < -0.39 is 0 Å². The number of thioether (sulfide) groups is 1. The van der Waals surface area contributed by atoms with E-state index in [1.807, 2.05) is 84.3 Å². The zero-order valence-electron chi connectivity index (χ0n) is 18.6. The SMILES string of the molecule is COc1ccc(-n2c(SCC(=O)N/N=C\c3cccc(Br)c3)nnc2-c2ccc(C)cc2)cc1. The van der Waals surface area contributed by atoms with E-state index >= 15 is 0 Å². The molecule has 1 amide bonds. The maximum atomic E-state index is 12.4. The molecule has 1 heterocycles. The van der Waals surface area contributed by atoms with Crippen LogP contribution in [0.1, 0.15) is 11.1 Å². The second kappa shape index (κ2) is 11.1. The molecule has 0 fully saturated rings. The molecule has 1 aromatic heterocycles. The summed E-state index contributed by atoms with van der Waals surface area (Å²) in [5.74, 6) is 1.35. The van der Waals surface area contributed by atoms with E-state index in [1.165, 1.54) is 11.8 Å². The average Bonchev–Trinajstić information content (AvgIpc) is 3.27. The lowest BCUT2D eigenvalue weighted by molar-refractivity contribution is -0.118. The fourth-order valence-corrected chi connectivity index (χ4v) is 4.31. The zero-order valence-corrected chi connectivity index (χ0v) is 21.0. The van der Waals surface area contributed by atoms with Crippen LogP contribution >= 0.6 is 27.7 Å². The first-order chi connectivity index (χ1) is 16.5. The number of nitrogens with zero attached hydrogens (tertiary/aromatic N) is 4. The second-order valence-electron chi connectivity index (χ2n) is 7.34. The maximum Gasteiger partial charge on any atom is 0.250 e. The number of hydrogen-bond donors (Lipinski definition) is 1. The highest BCUT2D eigenvalue weighted by molar-refractivity contribution is 9.10. The van der Waals surface area contributed by atoms with Crippen LogP contribution in [0, 0.1) is 6.92 Å². The quantitative estimate of drug-likeness (QED) is 0.189. The van der Waals surface area contributed by atoms with Gasteiger partial charge in [-0.05, 0) is 48.9 Å². The van der Waals surface area contributed by atoms with Gasteiger partial charge in [-0.1, -0.05) is 69.7 Å². The minimum atomic E-state index is -0.239. The molecule has 3 aromatic carbocycles. The minimum absolute atomic E-state index is 0.137. The normalized spacial score (nSPS) is 11.0. The van der Waals surface area contributed by atoms with Crippen molar-refractivity contribution in [2.75, 3.05) is 12.9 Å². The van der Waals surface area contributed by atoms with Gasteiger partial charge in [0.15, 0.2) is 11.0 Å². The standard InChI is InChI=1S/C25H22BrN5O2S/c1-17-6-8-19(9-7-17)24-29-30-25(31(24)21-10-12-22(33-2)13-11-21)34-16-23(32)28-27-15-18-4-3-5-20(26)14-18/h3-15H,16H2,1-2H3,(H,28,32)/b27-15-. The summed E-state index contributed by atoms with van der Waals surface area (Å²) >= 11 is 4.71. The summed E-state index contributed by atoms with van der Waals surface area (Å²) in [4.78, 5) is 12.4. The molecule has 9 heteroatoms. The summed E-state index contributed by atoms with van der Waals surface area (Å²) in [6, 6.07) is 23.4. The van der Waals surface area contributed by atoms with Gasteiger partial charge in [-0.3, -0.25) is 9.36 Å². The molecule has 172 valence electrons. The summed E-state index contributed by atoms with van der Waals surface area (Å²) in [5.41, 5.74) is 6.41. The van der Waals surface area contributed by atoms with Crippen molar-refractivity contribution < 1.29 is 9.53 Å². The molecule has 0 radical (unpaired) electrons. The van der Waals surface area contributed by atoms with Crippen LogP contribution in [-0.2, 0) is 4.79 Å². The summed E-state index contributed by atoms with van der Waals surface area (Å²) in [5, 5.41) is 13.4. The lowest BCUT2D eigenvalue weighted by atomic mass is 10.1. The number of benzene rings is 3. The minimum Gasteiger partial charge on any atom is -0.497 e. The van der Waals surface area contributed by atoms with Gasteiger partial charge in [0.2, 0.25) is 0 Å². The van der Waals surface area contributed by atoms with E-state index in [0.29, 0.717) is 11.0 Å². The van der Waals surface area contributed by atoms with Crippen molar-refractivity contribution in [3.05, 3.63) is 88.4 Å². The van der Waals surface area contributed by atoms with Crippen molar-refractivity contribution >= 4 is 39.8 Å². The molecular formula is C25H22BrN5O2S. The predicted molar refractivity (Wildman–Crippen MR) is 139 cm³/mol. The van der Waals surface area contributed by atoms with Gasteiger partial charge >= 0.3 is 0 Å². The lowest BCUT2D eigenvalue weighted by Gasteiger charge is -2.11. The molecular weight excluding hydrogens is 514 g/mol. The number of hydrazone groups is 1. The molecule has 0 bridgehead atoms. The molecule has 4 rings (SSSR count). The van der Waals surface area contributed by atoms with E-state index in [2.05, 4.69) is 36.7 Å². The van der Waals surface area contributed by atoms with Gasteiger partial charge in [0, 0.05) is 15.7 Å². The summed E-state index contributed by atoms with van der Waals surface area (Å²) in [7, 11) is 1.63. The smallest absolute Gasteiger partial charge is 0.250 e. The van der Waals surface area contributed by atoms with Gasteiger partial charge in [-0.25, -0.2) is 5.43 Å². The van der Waals surface area contributed by atoms with Gasteiger partial charge in [-0.15, -0.1) is 10.2 Å². The van der Waals surface area contributed by atoms with Crippen LogP contribution in [0.5, 0.6) is 5.75 Å². The molecule has 4 aromatic rings. The fourth-order valence-electron chi connectivity index (χ4n) is 3.15. The number of hydrogen-bond acceptors (Lipinski definition) is 6. The third-order valence-corrected chi connectivity index (χ3v) is 6.28. The molecule has 0 aliphatic rings. The first kappa shape index (κ1) is 23.7. The summed E-state index contributed by atoms with van der Waals surface area (Å²) < 4.78 is 8.17.